The molecule has 1 aliphatic rings. The topological polar surface area (TPSA) is 65.8 Å². The highest BCUT2D eigenvalue weighted by atomic mass is 16.3. The molecule has 0 radical (unpaired) electrons. The standard InChI is InChI=1S/C23H31N3O3/c1-3-25(4-2)15-19-9-7-18(8-10-19)14-24-22(27)20-6-5-12-26(16-20)23(28)21-11-13-29-17-21/h7-11,13,17,20H,3-6,12,14-16H2,1-2H3,(H,24,27). The lowest BCUT2D eigenvalue weighted by atomic mass is 9.96. The number of hydrogen-bond acceptors (Lipinski definition) is 4. The lowest BCUT2D eigenvalue weighted by Gasteiger charge is -2.31. The molecule has 0 bridgehead atoms. The van der Waals surface area contributed by atoms with E-state index in [4.69, 9.17) is 4.42 Å². The van der Waals surface area contributed by atoms with Crippen LogP contribution in [-0.2, 0) is 17.9 Å². The third-order valence-corrected chi connectivity index (χ3v) is 5.64. The Morgan fingerprint density at radius 1 is 1.14 bits per heavy atom. The van der Waals surface area contributed by atoms with Crippen molar-refractivity contribution in [2.75, 3.05) is 26.2 Å². The van der Waals surface area contributed by atoms with Gasteiger partial charge in [-0.15, -0.1) is 0 Å². The molecule has 2 amide bonds. The first-order valence-corrected chi connectivity index (χ1v) is 10.5. The zero-order valence-corrected chi connectivity index (χ0v) is 17.4. The van der Waals surface area contributed by atoms with E-state index in [1.165, 1.54) is 18.1 Å². The predicted molar refractivity (Wildman–Crippen MR) is 112 cm³/mol. The summed E-state index contributed by atoms with van der Waals surface area (Å²) in [5.41, 5.74) is 2.91. The molecular formula is C23H31N3O3. The Balaban J connectivity index is 1.49. The molecular weight excluding hydrogens is 366 g/mol. The van der Waals surface area contributed by atoms with Gasteiger partial charge >= 0.3 is 0 Å². The number of likely N-dealkylation sites (tertiary alicyclic amines) is 1. The van der Waals surface area contributed by atoms with Gasteiger partial charge in [0.15, 0.2) is 0 Å². The minimum Gasteiger partial charge on any atom is -0.472 e. The molecule has 1 aromatic heterocycles. The van der Waals surface area contributed by atoms with Crippen molar-refractivity contribution in [2.24, 2.45) is 5.92 Å². The SMILES string of the molecule is CCN(CC)Cc1ccc(CNC(=O)C2CCCN(C(=O)c3ccoc3)C2)cc1. The highest BCUT2D eigenvalue weighted by Gasteiger charge is 2.29. The normalized spacial score (nSPS) is 16.8. The van der Waals surface area contributed by atoms with Crippen molar-refractivity contribution in [3.8, 4) is 0 Å². The molecule has 1 N–H and O–H groups in total. The van der Waals surface area contributed by atoms with Gasteiger partial charge in [0.25, 0.3) is 5.91 Å². The average Bonchev–Trinajstić information content (AvgIpc) is 3.31. The van der Waals surface area contributed by atoms with Gasteiger partial charge in [-0.25, -0.2) is 0 Å². The maximum atomic E-state index is 12.6. The number of rotatable bonds is 8. The third kappa shape index (κ3) is 5.70. The van der Waals surface area contributed by atoms with E-state index in [-0.39, 0.29) is 17.7 Å². The molecule has 1 fully saturated rings. The summed E-state index contributed by atoms with van der Waals surface area (Å²) >= 11 is 0. The fourth-order valence-electron chi connectivity index (χ4n) is 3.75. The molecule has 1 saturated heterocycles. The molecule has 2 aromatic rings. The summed E-state index contributed by atoms with van der Waals surface area (Å²) in [7, 11) is 0. The molecule has 0 spiro atoms. The Morgan fingerprint density at radius 3 is 2.52 bits per heavy atom. The second kappa shape index (κ2) is 10.3. The van der Waals surface area contributed by atoms with E-state index in [1.807, 2.05) is 0 Å². The van der Waals surface area contributed by atoms with Crippen molar-refractivity contribution in [1.29, 1.82) is 0 Å². The molecule has 1 aromatic carbocycles. The Labute approximate surface area is 172 Å². The second-order valence-corrected chi connectivity index (χ2v) is 7.60. The molecule has 0 saturated carbocycles. The summed E-state index contributed by atoms with van der Waals surface area (Å²) in [5, 5.41) is 3.04. The van der Waals surface area contributed by atoms with Crippen LogP contribution in [0.5, 0.6) is 0 Å². The second-order valence-electron chi connectivity index (χ2n) is 7.60. The first-order chi connectivity index (χ1) is 14.1. The van der Waals surface area contributed by atoms with Crippen molar-refractivity contribution >= 4 is 11.8 Å². The van der Waals surface area contributed by atoms with Crippen molar-refractivity contribution in [1.82, 2.24) is 15.1 Å². The molecule has 1 atom stereocenters. The number of furan rings is 1. The van der Waals surface area contributed by atoms with Crippen LogP contribution in [-0.4, -0.2) is 47.8 Å². The van der Waals surface area contributed by atoms with Gasteiger partial charge < -0.3 is 14.6 Å². The first kappa shape index (κ1) is 21.1. The van der Waals surface area contributed by atoms with Gasteiger partial charge in [-0.3, -0.25) is 14.5 Å². The van der Waals surface area contributed by atoms with E-state index in [9.17, 15) is 9.59 Å². The quantitative estimate of drug-likeness (QED) is 0.742. The summed E-state index contributed by atoms with van der Waals surface area (Å²) in [6, 6.07) is 10.1. The van der Waals surface area contributed by atoms with Gasteiger partial charge in [-0.2, -0.15) is 0 Å². The van der Waals surface area contributed by atoms with Crippen LogP contribution in [0.1, 0.15) is 48.2 Å². The Bertz CT molecular complexity index is 782. The number of hydrogen-bond donors (Lipinski definition) is 1. The van der Waals surface area contributed by atoms with Crippen molar-refractivity contribution < 1.29 is 14.0 Å². The van der Waals surface area contributed by atoms with Crippen molar-refractivity contribution in [2.45, 2.75) is 39.8 Å². The number of piperidine rings is 1. The fraction of sp³-hybridized carbons (Fsp3) is 0.478. The van der Waals surface area contributed by atoms with Crippen LogP contribution in [0.15, 0.2) is 47.3 Å². The lowest BCUT2D eigenvalue weighted by Crippen LogP contribution is -2.45. The molecule has 1 aliphatic heterocycles. The highest BCUT2D eigenvalue weighted by molar-refractivity contribution is 5.94. The molecule has 0 aliphatic carbocycles. The minimum atomic E-state index is -0.165. The maximum Gasteiger partial charge on any atom is 0.257 e. The highest BCUT2D eigenvalue weighted by Crippen LogP contribution is 2.19. The zero-order valence-electron chi connectivity index (χ0n) is 17.4. The van der Waals surface area contributed by atoms with Gasteiger partial charge in [-0.1, -0.05) is 38.1 Å². The summed E-state index contributed by atoms with van der Waals surface area (Å²) in [6.07, 6.45) is 4.59. The molecule has 3 rings (SSSR count). The number of carbonyl (C=O) groups is 2. The Hall–Kier alpha value is -2.60. The van der Waals surface area contributed by atoms with E-state index in [1.54, 1.807) is 11.0 Å². The van der Waals surface area contributed by atoms with E-state index in [0.29, 0.717) is 25.2 Å². The number of amides is 2. The van der Waals surface area contributed by atoms with Crippen molar-refractivity contribution in [3.05, 3.63) is 59.5 Å². The smallest absolute Gasteiger partial charge is 0.257 e. The molecule has 2 heterocycles. The fourth-order valence-corrected chi connectivity index (χ4v) is 3.75. The van der Waals surface area contributed by atoms with Gasteiger partial charge in [-0.05, 0) is 43.1 Å². The minimum absolute atomic E-state index is 0.0157. The Kier molecular flexibility index (Phi) is 7.47. The van der Waals surface area contributed by atoms with Crippen LogP contribution >= 0.6 is 0 Å². The van der Waals surface area contributed by atoms with Gasteiger partial charge in [0.1, 0.15) is 6.26 Å². The predicted octanol–water partition coefficient (Wildman–Crippen LogP) is 3.29. The van der Waals surface area contributed by atoms with Crippen LogP contribution < -0.4 is 5.32 Å². The number of benzene rings is 1. The van der Waals surface area contributed by atoms with Crippen LogP contribution in [0.2, 0.25) is 0 Å². The molecule has 6 heteroatoms. The van der Waals surface area contributed by atoms with Crippen LogP contribution in [0.4, 0.5) is 0 Å². The maximum absolute atomic E-state index is 12.6. The zero-order chi connectivity index (χ0) is 20.6. The van der Waals surface area contributed by atoms with Gasteiger partial charge in [0.05, 0.1) is 17.7 Å². The number of carbonyl (C=O) groups excluding carboxylic acids is 2. The third-order valence-electron chi connectivity index (χ3n) is 5.64. The van der Waals surface area contributed by atoms with Gasteiger partial charge in [0.2, 0.25) is 5.91 Å². The number of nitrogens with one attached hydrogen (secondary N) is 1. The van der Waals surface area contributed by atoms with E-state index in [2.05, 4.69) is 48.3 Å². The van der Waals surface area contributed by atoms with Crippen LogP contribution in [0, 0.1) is 5.92 Å². The summed E-state index contributed by atoms with van der Waals surface area (Å²) in [6.45, 7) is 9.01. The molecule has 1 unspecified atom stereocenters. The van der Waals surface area contributed by atoms with Crippen molar-refractivity contribution in [3.63, 3.8) is 0 Å². The monoisotopic (exact) mass is 397 g/mol. The summed E-state index contributed by atoms with van der Waals surface area (Å²) in [4.78, 5) is 29.3. The molecule has 29 heavy (non-hydrogen) atoms. The first-order valence-electron chi connectivity index (χ1n) is 10.5. The molecule has 156 valence electrons. The van der Waals surface area contributed by atoms with E-state index in [0.717, 1.165) is 38.0 Å². The lowest BCUT2D eigenvalue weighted by molar-refractivity contribution is -0.126. The molecule has 6 nitrogen and oxygen atoms in total. The summed E-state index contributed by atoms with van der Waals surface area (Å²) < 4.78 is 5.00. The largest absolute Gasteiger partial charge is 0.472 e. The van der Waals surface area contributed by atoms with E-state index < -0.39 is 0 Å². The average molecular weight is 398 g/mol. The van der Waals surface area contributed by atoms with Gasteiger partial charge in [0, 0.05) is 26.2 Å². The van der Waals surface area contributed by atoms with Crippen LogP contribution in [0.3, 0.4) is 0 Å². The van der Waals surface area contributed by atoms with E-state index >= 15 is 0 Å². The Morgan fingerprint density at radius 2 is 1.86 bits per heavy atom. The number of nitrogens with zero attached hydrogens (tertiary/aromatic N) is 2. The van der Waals surface area contributed by atoms with Crippen LogP contribution in [0.25, 0.3) is 0 Å². The summed E-state index contributed by atoms with van der Waals surface area (Å²) in [5.74, 6) is -0.219.